The Morgan fingerprint density at radius 1 is 1.38 bits per heavy atom. The van der Waals surface area contributed by atoms with Gasteiger partial charge in [0.25, 0.3) is 0 Å². The number of furan rings is 1. The fourth-order valence-electron chi connectivity index (χ4n) is 2.88. The average molecular weight is 312 g/mol. The Morgan fingerprint density at radius 2 is 2.10 bits per heavy atom. The summed E-state index contributed by atoms with van der Waals surface area (Å²) in [5, 5.41) is 3.34. The third kappa shape index (κ3) is 3.17. The largest absolute Gasteiger partial charge is 0.464 e. The molecule has 2 saturated carbocycles. The monoisotopic (exact) mass is 312 g/mol. The SMILES string of the molecule is CCC1(NS(=O)(=O)c2cc(CNC3CC3)oc2C)CCC1. The Morgan fingerprint density at radius 3 is 2.62 bits per heavy atom. The zero-order valence-corrected chi connectivity index (χ0v) is 13.6. The summed E-state index contributed by atoms with van der Waals surface area (Å²) >= 11 is 0. The second-order valence-electron chi connectivity index (χ2n) is 6.38. The van der Waals surface area contributed by atoms with Crippen molar-refractivity contribution in [3.8, 4) is 0 Å². The Hall–Kier alpha value is -0.850. The zero-order chi connectivity index (χ0) is 15.1. The van der Waals surface area contributed by atoms with E-state index in [2.05, 4.69) is 10.0 Å². The summed E-state index contributed by atoms with van der Waals surface area (Å²) in [5.41, 5.74) is -0.241. The Labute approximate surface area is 126 Å². The molecule has 118 valence electrons. The lowest BCUT2D eigenvalue weighted by molar-refractivity contribution is 0.213. The lowest BCUT2D eigenvalue weighted by Crippen LogP contribution is -2.52. The van der Waals surface area contributed by atoms with Crippen LogP contribution in [0.2, 0.25) is 0 Å². The van der Waals surface area contributed by atoms with Crippen molar-refractivity contribution in [2.45, 2.75) is 75.4 Å². The minimum atomic E-state index is -3.50. The topological polar surface area (TPSA) is 71.3 Å². The third-order valence-electron chi connectivity index (χ3n) is 4.69. The number of nitrogens with one attached hydrogen (secondary N) is 2. The first kappa shape index (κ1) is 15.1. The van der Waals surface area contributed by atoms with Gasteiger partial charge in [-0.3, -0.25) is 0 Å². The summed E-state index contributed by atoms with van der Waals surface area (Å²) < 4.78 is 33.7. The van der Waals surface area contributed by atoms with Gasteiger partial charge in [0.2, 0.25) is 10.0 Å². The maximum atomic E-state index is 12.6. The van der Waals surface area contributed by atoms with Crippen LogP contribution in [0.1, 0.15) is 57.0 Å². The molecule has 1 aromatic rings. The molecule has 5 nitrogen and oxygen atoms in total. The number of sulfonamides is 1. The Kier molecular flexibility index (Phi) is 3.88. The van der Waals surface area contributed by atoms with Crippen LogP contribution in [0.4, 0.5) is 0 Å². The summed E-state index contributed by atoms with van der Waals surface area (Å²) in [6.45, 7) is 4.35. The minimum absolute atomic E-state index is 0.241. The molecule has 3 rings (SSSR count). The number of hydrogen-bond acceptors (Lipinski definition) is 4. The summed E-state index contributed by atoms with van der Waals surface area (Å²) in [4.78, 5) is 0.287. The molecule has 0 aromatic carbocycles. The van der Waals surface area contributed by atoms with Gasteiger partial charge in [0.15, 0.2) is 0 Å². The van der Waals surface area contributed by atoms with E-state index in [1.165, 1.54) is 12.8 Å². The van der Waals surface area contributed by atoms with Gasteiger partial charge in [-0.05, 0) is 45.4 Å². The van der Waals surface area contributed by atoms with Gasteiger partial charge in [-0.2, -0.15) is 0 Å². The molecular weight excluding hydrogens is 288 g/mol. The van der Waals surface area contributed by atoms with Crippen molar-refractivity contribution in [2.75, 3.05) is 0 Å². The van der Waals surface area contributed by atoms with Crippen LogP contribution in [0, 0.1) is 6.92 Å². The molecule has 2 aliphatic carbocycles. The van der Waals surface area contributed by atoms with E-state index in [-0.39, 0.29) is 10.4 Å². The highest BCUT2D eigenvalue weighted by Crippen LogP contribution is 2.36. The van der Waals surface area contributed by atoms with Crippen LogP contribution in [-0.4, -0.2) is 20.0 Å². The lowest BCUT2D eigenvalue weighted by Gasteiger charge is -2.41. The van der Waals surface area contributed by atoms with Gasteiger partial charge in [-0.15, -0.1) is 0 Å². The first-order valence-electron chi connectivity index (χ1n) is 7.81. The standard InChI is InChI=1S/C15H24N2O3S/c1-3-15(7-4-8-15)17-21(18,19)14-9-13(20-11(14)2)10-16-12-5-6-12/h9,12,16-17H,3-8,10H2,1-2H3. The van der Waals surface area contributed by atoms with Crippen molar-refractivity contribution in [3.05, 3.63) is 17.6 Å². The molecule has 2 aliphatic rings. The summed E-state index contributed by atoms with van der Waals surface area (Å²) in [7, 11) is -3.50. The third-order valence-corrected chi connectivity index (χ3v) is 6.38. The smallest absolute Gasteiger partial charge is 0.244 e. The maximum Gasteiger partial charge on any atom is 0.244 e. The molecule has 0 spiro atoms. The number of hydrogen-bond donors (Lipinski definition) is 2. The van der Waals surface area contributed by atoms with E-state index in [1.54, 1.807) is 13.0 Å². The minimum Gasteiger partial charge on any atom is -0.464 e. The van der Waals surface area contributed by atoms with E-state index in [9.17, 15) is 8.42 Å². The van der Waals surface area contributed by atoms with E-state index >= 15 is 0 Å². The predicted octanol–water partition coefficient (Wildman–Crippen LogP) is 2.45. The van der Waals surface area contributed by atoms with E-state index in [0.717, 1.165) is 25.7 Å². The molecule has 2 fully saturated rings. The molecule has 0 bridgehead atoms. The first-order valence-corrected chi connectivity index (χ1v) is 9.29. The summed E-state index contributed by atoms with van der Waals surface area (Å²) in [6, 6.07) is 2.24. The van der Waals surface area contributed by atoms with Crippen LogP contribution in [-0.2, 0) is 16.6 Å². The second kappa shape index (κ2) is 5.41. The van der Waals surface area contributed by atoms with Gasteiger partial charge in [0.05, 0.1) is 6.54 Å². The molecule has 1 aromatic heterocycles. The van der Waals surface area contributed by atoms with Gasteiger partial charge < -0.3 is 9.73 Å². The van der Waals surface area contributed by atoms with E-state index < -0.39 is 10.0 Å². The molecular formula is C15H24N2O3S. The van der Waals surface area contributed by atoms with Gasteiger partial charge in [0.1, 0.15) is 16.4 Å². The van der Waals surface area contributed by atoms with Gasteiger partial charge >= 0.3 is 0 Å². The number of rotatable bonds is 7. The van der Waals surface area contributed by atoms with E-state index in [4.69, 9.17) is 4.42 Å². The fourth-order valence-corrected chi connectivity index (χ4v) is 4.62. The number of aryl methyl sites for hydroxylation is 1. The van der Waals surface area contributed by atoms with Crippen LogP contribution >= 0.6 is 0 Å². The van der Waals surface area contributed by atoms with Crippen LogP contribution in [0.5, 0.6) is 0 Å². The fraction of sp³-hybridized carbons (Fsp3) is 0.733. The molecule has 6 heteroatoms. The maximum absolute atomic E-state index is 12.6. The molecule has 0 amide bonds. The van der Waals surface area contributed by atoms with Crippen molar-refractivity contribution in [3.63, 3.8) is 0 Å². The van der Waals surface area contributed by atoms with E-state index in [1.807, 2.05) is 6.92 Å². The first-order chi connectivity index (χ1) is 9.94. The van der Waals surface area contributed by atoms with Crippen LogP contribution in [0.3, 0.4) is 0 Å². The molecule has 0 radical (unpaired) electrons. The van der Waals surface area contributed by atoms with Crippen molar-refractivity contribution in [2.24, 2.45) is 0 Å². The molecule has 0 atom stereocenters. The highest BCUT2D eigenvalue weighted by molar-refractivity contribution is 7.89. The Balaban J connectivity index is 1.74. The highest BCUT2D eigenvalue weighted by Gasteiger charge is 2.40. The second-order valence-corrected chi connectivity index (χ2v) is 8.03. The molecule has 2 N–H and O–H groups in total. The normalized spacial score (nSPS) is 21.2. The van der Waals surface area contributed by atoms with Crippen molar-refractivity contribution in [1.82, 2.24) is 10.0 Å². The predicted molar refractivity (Wildman–Crippen MR) is 80.5 cm³/mol. The average Bonchev–Trinajstić information content (AvgIpc) is 3.14. The zero-order valence-electron chi connectivity index (χ0n) is 12.7. The molecule has 0 aliphatic heterocycles. The lowest BCUT2D eigenvalue weighted by atomic mass is 9.76. The molecule has 0 unspecified atom stereocenters. The summed E-state index contributed by atoms with van der Waals surface area (Å²) in [5.74, 6) is 1.17. The van der Waals surface area contributed by atoms with Gasteiger partial charge in [-0.25, -0.2) is 13.1 Å². The van der Waals surface area contributed by atoms with Crippen molar-refractivity contribution >= 4 is 10.0 Å². The summed E-state index contributed by atoms with van der Waals surface area (Å²) in [6.07, 6.45) is 6.18. The molecule has 0 saturated heterocycles. The Bertz CT molecular complexity index is 607. The van der Waals surface area contributed by atoms with Crippen molar-refractivity contribution in [1.29, 1.82) is 0 Å². The van der Waals surface area contributed by atoms with Crippen molar-refractivity contribution < 1.29 is 12.8 Å². The van der Waals surface area contributed by atoms with Gasteiger partial charge in [-0.1, -0.05) is 6.92 Å². The quantitative estimate of drug-likeness (QED) is 0.811. The molecule has 1 heterocycles. The highest BCUT2D eigenvalue weighted by atomic mass is 32.2. The van der Waals surface area contributed by atoms with Crippen LogP contribution in [0.25, 0.3) is 0 Å². The molecule has 21 heavy (non-hydrogen) atoms. The van der Waals surface area contributed by atoms with E-state index in [0.29, 0.717) is 24.1 Å². The van der Waals surface area contributed by atoms with Crippen LogP contribution in [0.15, 0.2) is 15.4 Å². The van der Waals surface area contributed by atoms with Gasteiger partial charge in [0, 0.05) is 17.6 Å². The van der Waals surface area contributed by atoms with Crippen LogP contribution < -0.4 is 10.0 Å².